The number of hydrogen-bond acceptors (Lipinski definition) is 6. The molecule has 4 rings (SSSR count). The van der Waals surface area contributed by atoms with Crippen molar-refractivity contribution in [1.29, 1.82) is 0 Å². The fraction of sp³-hybridized carbons (Fsp3) is 0.333. The summed E-state index contributed by atoms with van der Waals surface area (Å²) in [6.45, 7) is 3.35. The molecule has 1 aromatic heterocycles. The molecule has 0 bridgehead atoms. The molecule has 1 aliphatic heterocycles. The Bertz CT molecular complexity index is 1110. The quantitative estimate of drug-likeness (QED) is 0.546. The average molecular weight is 466 g/mol. The molecular formula is C24H27N5O3S. The van der Waals surface area contributed by atoms with E-state index in [9.17, 15) is 9.59 Å². The van der Waals surface area contributed by atoms with Gasteiger partial charge in [-0.15, -0.1) is 10.2 Å². The molecule has 0 unspecified atom stereocenters. The number of rotatable bonds is 6. The van der Waals surface area contributed by atoms with E-state index in [0.717, 1.165) is 41.3 Å². The topological polar surface area (TPSA) is 96.5 Å². The Kier molecular flexibility index (Phi) is 7.19. The molecule has 1 aliphatic rings. The number of nitrogens with one attached hydrogen (secondary N) is 2. The van der Waals surface area contributed by atoms with Gasteiger partial charge >= 0.3 is 6.03 Å². The molecule has 2 aromatic carbocycles. The number of ether oxygens (including phenoxy) is 1. The maximum Gasteiger partial charge on any atom is 0.321 e. The van der Waals surface area contributed by atoms with Gasteiger partial charge in [0.1, 0.15) is 10.8 Å². The molecule has 1 saturated heterocycles. The van der Waals surface area contributed by atoms with Gasteiger partial charge in [0, 0.05) is 30.4 Å². The van der Waals surface area contributed by atoms with Crippen molar-refractivity contribution in [1.82, 2.24) is 15.1 Å². The number of amides is 3. The van der Waals surface area contributed by atoms with Crippen LogP contribution in [0.5, 0.6) is 5.75 Å². The highest BCUT2D eigenvalue weighted by Crippen LogP contribution is 2.31. The molecule has 3 amide bonds. The number of carbonyl (C=O) groups excluding carboxylic acids is 2. The molecule has 8 nitrogen and oxygen atoms in total. The molecule has 3 aromatic rings. The van der Waals surface area contributed by atoms with Crippen LogP contribution in [0.4, 0.5) is 16.2 Å². The molecule has 1 fully saturated rings. The van der Waals surface area contributed by atoms with Crippen molar-refractivity contribution in [2.24, 2.45) is 0 Å². The molecule has 0 aliphatic carbocycles. The van der Waals surface area contributed by atoms with Gasteiger partial charge in [-0.05, 0) is 55.2 Å². The molecule has 0 saturated carbocycles. The fourth-order valence-corrected chi connectivity index (χ4v) is 4.73. The monoisotopic (exact) mass is 465 g/mol. The van der Waals surface area contributed by atoms with E-state index in [2.05, 4.69) is 27.8 Å². The first-order chi connectivity index (χ1) is 16.1. The molecule has 0 radical (unpaired) electrons. The van der Waals surface area contributed by atoms with Gasteiger partial charge in [-0.25, -0.2) is 4.79 Å². The van der Waals surface area contributed by atoms with Crippen molar-refractivity contribution in [3.63, 3.8) is 0 Å². The third-order valence-corrected chi connectivity index (χ3v) is 6.84. The highest BCUT2D eigenvalue weighted by atomic mass is 32.1. The first-order valence-corrected chi connectivity index (χ1v) is 11.8. The molecular weight excluding hydrogens is 438 g/mol. The number of benzene rings is 2. The van der Waals surface area contributed by atoms with E-state index in [-0.39, 0.29) is 17.9 Å². The lowest BCUT2D eigenvalue weighted by molar-refractivity contribution is 0.102. The van der Waals surface area contributed by atoms with Gasteiger partial charge in [0.15, 0.2) is 0 Å². The van der Waals surface area contributed by atoms with Gasteiger partial charge in [-0.2, -0.15) is 0 Å². The molecule has 2 N–H and O–H groups in total. The zero-order valence-electron chi connectivity index (χ0n) is 18.7. The van der Waals surface area contributed by atoms with E-state index in [1.807, 2.05) is 29.2 Å². The minimum absolute atomic E-state index is 0.0776. The van der Waals surface area contributed by atoms with Crippen molar-refractivity contribution in [2.75, 3.05) is 30.8 Å². The first kappa shape index (κ1) is 22.7. The highest BCUT2D eigenvalue weighted by molar-refractivity contribution is 7.13. The number of aromatic nitrogens is 2. The summed E-state index contributed by atoms with van der Waals surface area (Å²) in [6, 6.07) is 14.9. The van der Waals surface area contributed by atoms with Crippen molar-refractivity contribution in [3.05, 3.63) is 64.1 Å². The second-order valence-corrected chi connectivity index (χ2v) is 8.84. The lowest BCUT2D eigenvalue weighted by atomic mass is 9.98. The summed E-state index contributed by atoms with van der Waals surface area (Å²) in [7, 11) is 1.60. The number of likely N-dealkylation sites (tertiary alicyclic amines) is 1. The van der Waals surface area contributed by atoms with Crippen LogP contribution in [-0.2, 0) is 6.42 Å². The van der Waals surface area contributed by atoms with E-state index >= 15 is 0 Å². The van der Waals surface area contributed by atoms with Gasteiger partial charge in [0.2, 0.25) is 5.01 Å². The minimum Gasteiger partial charge on any atom is -0.497 e. The largest absolute Gasteiger partial charge is 0.497 e. The van der Waals surface area contributed by atoms with Gasteiger partial charge in [-0.3, -0.25) is 4.79 Å². The Morgan fingerprint density at radius 1 is 1.06 bits per heavy atom. The number of aryl methyl sites for hydroxylation is 1. The van der Waals surface area contributed by atoms with E-state index in [0.29, 0.717) is 23.8 Å². The minimum atomic E-state index is -0.282. The summed E-state index contributed by atoms with van der Waals surface area (Å²) in [4.78, 5) is 27.1. The Hall–Kier alpha value is -3.46. The number of urea groups is 1. The third-order valence-electron chi connectivity index (χ3n) is 5.75. The number of nitrogens with zero attached hydrogens (tertiary/aromatic N) is 3. The Morgan fingerprint density at radius 2 is 1.79 bits per heavy atom. The van der Waals surface area contributed by atoms with Crippen LogP contribution in [0.1, 0.15) is 46.1 Å². The van der Waals surface area contributed by atoms with Gasteiger partial charge in [-0.1, -0.05) is 36.5 Å². The smallest absolute Gasteiger partial charge is 0.321 e. The van der Waals surface area contributed by atoms with E-state index in [1.165, 1.54) is 11.3 Å². The summed E-state index contributed by atoms with van der Waals surface area (Å²) in [6.07, 6.45) is 2.44. The van der Waals surface area contributed by atoms with Crippen LogP contribution < -0.4 is 15.4 Å². The van der Waals surface area contributed by atoms with Crippen LogP contribution in [0.3, 0.4) is 0 Å². The second kappa shape index (κ2) is 10.4. The number of methoxy groups -OCH3 is 1. The van der Waals surface area contributed by atoms with E-state index in [1.54, 1.807) is 31.4 Å². The summed E-state index contributed by atoms with van der Waals surface area (Å²) in [5.41, 5.74) is 2.65. The number of carbonyl (C=O) groups is 2. The number of para-hydroxylation sites is 1. The lowest BCUT2D eigenvalue weighted by Crippen LogP contribution is -2.40. The fourth-order valence-electron chi connectivity index (χ4n) is 3.82. The Labute approximate surface area is 197 Å². The maximum absolute atomic E-state index is 12.7. The summed E-state index contributed by atoms with van der Waals surface area (Å²) >= 11 is 1.31. The van der Waals surface area contributed by atoms with Crippen molar-refractivity contribution in [3.8, 4) is 5.75 Å². The summed E-state index contributed by atoms with van der Waals surface area (Å²) in [5, 5.41) is 15.4. The average Bonchev–Trinajstić information content (AvgIpc) is 3.35. The van der Waals surface area contributed by atoms with Crippen LogP contribution in [0.2, 0.25) is 0 Å². The van der Waals surface area contributed by atoms with E-state index in [4.69, 9.17) is 4.74 Å². The van der Waals surface area contributed by atoms with Gasteiger partial charge in [0.25, 0.3) is 5.91 Å². The Balaban J connectivity index is 1.31. The summed E-state index contributed by atoms with van der Waals surface area (Å²) < 4.78 is 5.13. The second-order valence-electron chi connectivity index (χ2n) is 7.83. The first-order valence-electron chi connectivity index (χ1n) is 11.0. The standard InChI is InChI=1S/C24H27N5O3S/c1-3-16-6-4-5-7-20(16)26-24(31)29-14-12-17(13-15-29)22-27-28-23(33-22)21(30)25-18-8-10-19(32-2)11-9-18/h4-11,17H,3,12-15H2,1-2H3,(H,25,30)(H,26,31). The zero-order valence-corrected chi connectivity index (χ0v) is 19.5. The summed E-state index contributed by atoms with van der Waals surface area (Å²) in [5.74, 6) is 0.633. The number of anilines is 2. The highest BCUT2D eigenvalue weighted by Gasteiger charge is 2.27. The number of piperidine rings is 1. The molecule has 172 valence electrons. The predicted molar refractivity (Wildman–Crippen MR) is 129 cm³/mol. The van der Waals surface area contributed by atoms with Crippen LogP contribution >= 0.6 is 11.3 Å². The molecule has 2 heterocycles. The van der Waals surface area contributed by atoms with Crippen molar-refractivity contribution < 1.29 is 14.3 Å². The SMILES string of the molecule is CCc1ccccc1NC(=O)N1CCC(c2nnc(C(=O)Nc3ccc(OC)cc3)s2)CC1. The molecule has 9 heteroatoms. The number of hydrogen-bond donors (Lipinski definition) is 2. The van der Waals surface area contributed by atoms with Crippen molar-refractivity contribution >= 4 is 34.6 Å². The van der Waals surface area contributed by atoms with Gasteiger partial charge in [0.05, 0.1) is 7.11 Å². The molecule has 33 heavy (non-hydrogen) atoms. The lowest BCUT2D eigenvalue weighted by Gasteiger charge is -2.31. The van der Waals surface area contributed by atoms with Crippen LogP contribution in [-0.4, -0.2) is 47.2 Å². The zero-order chi connectivity index (χ0) is 23.2. The Morgan fingerprint density at radius 3 is 2.48 bits per heavy atom. The molecule has 0 atom stereocenters. The van der Waals surface area contributed by atoms with Gasteiger partial charge < -0.3 is 20.3 Å². The molecule has 0 spiro atoms. The maximum atomic E-state index is 12.7. The van der Waals surface area contributed by atoms with Crippen molar-refractivity contribution in [2.45, 2.75) is 32.1 Å². The van der Waals surface area contributed by atoms with Crippen LogP contribution in [0, 0.1) is 0 Å². The van der Waals surface area contributed by atoms with Crippen LogP contribution in [0.15, 0.2) is 48.5 Å². The predicted octanol–water partition coefficient (Wildman–Crippen LogP) is 4.77. The van der Waals surface area contributed by atoms with E-state index < -0.39 is 0 Å². The van der Waals surface area contributed by atoms with Crippen LogP contribution in [0.25, 0.3) is 0 Å². The normalized spacial score (nSPS) is 14.1. The third kappa shape index (κ3) is 5.48.